The van der Waals surface area contributed by atoms with Crippen molar-refractivity contribution in [3.8, 4) is 11.3 Å². The van der Waals surface area contributed by atoms with E-state index in [4.69, 9.17) is 0 Å². The van der Waals surface area contributed by atoms with Crippen molar-refractivity contribution in [2.24, 2.45) is 0 Å². The number of halogens is 1. The van der Waals surface area contributed by atoms with Crippen LogP contribution in [-0.2, 0) is 11.3 Å². The van der Waals surface area contributed by atoms with Crippen LogP contribution in [0.3, 0.4) is 0 Å². The van der Waals surface area contributed by atoms with E-state index in [0.717, 1.165) is 4.57 Å². The highest BCUT2D eigenvalue weighted by Gasteiger charge is 2.09. The number of amides is 1. The van der Waals surface area contributed by atoms with E-state index in [1.165, 1.54) is 60.9 Å². The van der Waals surface area contributed by atoms with Crippen molar-refractivity contribution in [2.75, 3.05) is 5.32 Å². The number of aromatic nitrogens is 2. The summed E-state index contributed by atoms with van der Waals surface area (Å²) in [5, 5.41) is 13.2. The number of nitro benzene ring substituents is 1. The van der Waals surface area contributed by atoms with Gasteiger partial charge in [0.2, 0.25) is 5.91 Å². The van der Waals surface area contributed by atoms with Crippen LogP contribution in [0, 0.1) is 15.9 Å². The third kappa shape index (κ3) is 4.40. The fraction of sp³-hybridized carbons (Fsp3) is 0.0556. The van der Waals surface area contributed by atoms with Gasteiger partial charge in [-0.25, -0.2) is 9.37 Å². The molecule has 0 saturated heterocycles. The second-order valence-corrected chi connectivity index (χ2v) is 5.60. The molecule has 3 rings (SSSR count). The summed E-state index contributed by atoms with van der Waals surface area (Å²) < 4.78 is 14.1. The molecule has 3 aromatic rings. The van der Waals surface area contributed by atoms with E-state index in [2.05, 4.69) is 10.3 Å². The van der Waals surface area contributed by atoms with Gasteiger partial charge in [-0.15, -0.1) is 0 Å². The van der Waals surface area contributed by atoms with E-state index < -0.39 is 22.2 Å². The van der Waals surface area contributed by atoms with E-state index in [9.17, 15) is 24.1 Å². The molecule has 0 atom stereocenters. The van der Waals surface area contributed by atoms with Gasteiger partial charge >= 0.3 is 0 Å². The largest absolute Gasteiger partial charge is 0.325 e. The number of hydrogen-bond donors (Lipinski definition) is 1. The van der Waals surface area contributed by atoms with Gasteiger partial charge in [0.1, 0.15) is 12.4 Å². The van der Waals surface area contributed by atoms with E-state index in [-0.39, 0.29) is 12.2 Å². The van der Waals surface area contributed by atoms with Gasteiger partial charge in [-0.3, -0.25) is 24.3 Å². The van der Waals surface area contributed by atoms with Crippen LogP contribution >= 0.6 is 0 Å². The number of rotatable bonds is 5. The van der Waals surface area contributed by atoms with Gasteiger partial charge in [0.25, 0.3) is 11.2 Å². The number of anilines is 1. The van der Waals surface area contributed by atoms with E-state index >= 15 is 0 Å². The Labute approximate surface area is 152 Å². The maximum atomic E-state index is 13.0. The average Bonchev–Trinajstić information content (AvgIpc) is 2.64. The Bertz CT molecular complexity index is 1050. The predicted octanol–water partition coefficient (Wildman–Crippen LogP) is 2.60. The summed E-state index contributed by atoms with van der Waals surface area (Å²) in [6, 6.07) is 12.1. The van der Waals surface area contributed by atoms with Crippen LogP contribution in [0.2, 0.25) is 0 Å². The molecule has 0 fully saturated rings. The van der Waals surface area contributed by atoms with Gasteiger partial charge in [0.15, 0.2) is 0 Å². The van der Waals surface area contributed by atoms with Crippen molar-refractivity contribution >= 4 is 17.3 Å². The number of carbonyl (C=O) groups excluding carboxylic acids is 1. The lowest BCUT2D eigenvalue weighted by molar-refractivity contribution is -0.384. The van der Waals surface area contributed by atoms with Crippen molar-refractivity contribution < 1.29 is 14.1 Å². The van der Waals surface area contributed by atoms with Crippen molar-refractivity contribution in [3.63, 3.8) is 0 Å². The minimum atomic E-state index is -0.542. The summed E-state index contributed by atoms with van der Waals surface area (Å²) in [6.45, 7) is -0.271. The number of nitrogens with zero attached hydrogens (tertiary/aromatic N) is 3. The molecular weight excluding hydrogens is 355 g/mol. The highest BCUT2D eigenvalue weighted by atomic mass is 19.1. The number of non-ortho nitro benzene ring substituents is 1. The molecular formula is C18H13FN4O4. The number of nitro groups is 1. The average molecular weight is 368 g/mol. The van der Waals surface area contributed by atoms with Gasteiger partial charge in [0, 0.05) is 29.4 Å². The van der Waals surface area contributed by atoms with Crippen LogP contribution in [0.25, 0.3) is 11.3 Å². The summed E-state index contributed by atoms with van der Waals surface area (Å²) in [6.07, 6.45) is 1.23. The van der Waals surface area contributed by atoms with Crippen LogP contribution in [0.5, 0.6) is 0 Å². The van der Waals surface area contributed by atoms with Crippen LogP contribution < -0.4 is 10.9 Å². The highest BCUT2D eigenvalue weighted by molar-refractivity contribution is 5.90. The summed E-state index contributed by atoms with van der Waals surface area (Å²) in [5.74, 6) is -0.878. The fourth-order valence-electron chi connectivity index (χ4n) is 2.34. The first-order valence-corrected chi connectivity index (χ1v) is 7.79. The SMILES string of the molecule is O=C(Cn1cnc(-c2ccc(F)cc2)cc1=O)Nc1ccc([N+](=O)[O-])cc1. The molecule has 1 amide bonds. The monoisotopic (exact) mass is 368 g/mol. The second-order valence-electron chi connectivity index (χ2n) is 5.60. The molecule has 1 heterocycles. The predicted molar refractivity (Wildman–Crippen MR) is 95.6 cm³/mol. The van der Waals surface area contributed by atoms with Gasteiger partial charge in [-0.2, -0.15) is 0 Å². The molecule has 27 heavy (non-hydrogen) atoms. The summed E-state index contributed by atoms with van der Waals surface area (Å²) in [4.78, 5) is 38.4. The molecule has 2 aromatic carbocycles. The maximum Gasteiger partial charge on any atom is 0.269 e. The van der Waals surface area contributed by atoms with Crippen molar-refractivity contribution in [2.45, 2.75) is 6.54 Å². The molecule has 136 valence electrons. The Hall–Kier alpha value is -3.88. The first-order chi connectivity index (χ1) is 12.9. The molecule has 9 heteroatoms. The Morgan fingerprint density at radius 3 is 2.41 bits per heavy atom. The lowest BCUT2D eigenvalue weighted by atomic mass is 10.1. The van der Waals surface area contributed by atoms with Crippen LogP contribution in [0.1, 0.15) is 0 Å². The quantitative estimate of drug-likeness (QED) is 0.550. The minimum absolute atomic E-state index is 0.0928. The number of carbonyl (C=O) groups is 1. The molecule has 0 radical (unpaired) electrons. The summed E-state index contributed by atoms with van der Waals surface area (Å²) >= 11 is 0. The lowest BCUT2D eigenvalue weighted by Gasteiger charge is -2.08. The van der Waals surface area contributed by atoms with Gasteiger partial charge in [-0.05, 0) is 36.4 Å². The summed E-state index contributed by atoms with van der Waals surface area (Å²) in [7, 11) is 0. The smallest absolute Gasteiger partial charge is 0.269 e. The standard InChI is InChI=1S/C18H13FN4O4/c19-13-3-1-12(2-4-13)16-9-18(25)22(11-20-16)10-17(24)21-14-5-7-15(8-6-14)23(26)27/h1-9,11H,10H2,(H,21,24). The highest BCUT2D eigenvalue weighted by Crippen LogP contribution is 2.16. The second kappa shape index (κ2) is 7.56. The van der Waals surface area contributed by atoms with E-state index in [1.807, 2.05) is 0 Å². The lowest BCUT2D eigenvalue weighted by Crippen LogP contribution is -2.27. The number of nitrogens with one attached hydrogen (secondary N) is 1. The molecule has 0 bridgehead atoms. The topological polar surface area (TPSA) is 107 Å². The molecule has 0 unspecified atom stereocenters. The van der Waals surface area contributed by atoms with Crippen molar-refractivity contribution in [3.05, 3.63) is 87.2 Å². The van der Waals surface area contributed by atoms with Gasteiger partial charge in [-0.1, -0.05) is 0 Å². The molecule has 0 aliphatic carbocycles. The zero-order valence-electron chi connectivity index (χ0n) is 13.8. The van der Waals surface area contributed by atoms with E-state index in [1.54, 1.807) is 0 Å². The maximum absolute atomic E-state index is 13.0. The minimum Gasteiger partial charge on any atom is -0.325 e. The molecule has 0 aliphatic rings. The zero-order valence-corrected chi connectivity index (χ0v) is 13.8. The zero-order chi connectivity index (χ0) is 19.4. The molecule has 0 aliphatic heterocycles. The fourth-order valence-corrected chi connectivity index (χ4v) is 2.34. The van der Waals surface area contributed by atoms with Crippen LogP contribution in [-0.4, -0.2) is 20.4 Å². The van der Waals surface area contributed by atoms with E-state index in [0.29, 0.717) is 16.9 Å². The number of benzene rings is 2. The molecule has 8 nitrogen and oxygen atoms in total. The molecule has 1 N–H and O–H groups in total. The van der Waals surface area contributed by atoms with Crippen LogP contribution in [0.4, 0.5) is 15.8 Å². The van der Waals surface area contributed by atoms with Crippen LogP contribution in [0.15, 0.2) is 65.7 Å². The first kappa shape index (κ1) is 17.9. The first-order valence-electron chi connectivity index (χ1n) is 7.79. The Morgan fingerprint density at radius 2 is 1.81 bits per heavy atom. The summed E-state index contributed by atoms with van der Waals surface area (Å²) in [5.41, 5.74) is 0.783. The Morgan fingerprint density at radius 1 is 1.15 bits per heavy atom. The normalized spacial score (nSPS) is 10.4. The van der Waals surface area contributed by atoms with Crippen molar-refractivity contribution in [1.82, 2.24) is 9.55 Å². The molecule has 0 saturated carbocycles. The number of hydrogen-bond acceptors (Lipinski definition) is 5. The van der Waals surface area contributed by atoms with Gasteiger partial charge < -0.3 is 5.32 Å². The third-order valence-electron chi connectivity index (χ3n) is 3.70. The Balaban J connectivity index is 1.69. The molecule has 1 aromatic heterocycles. The van der Waals surface area contributed by atoms with Gasteiger partial charge in [0.05, 0.1) is 16.9 Å². The van der Waals surface area contributed by atoms with Crippen molar-refractivity contribution in [1.29, 1.82) is 0 Å². The Kier molecular flexibility index (Phi) is 5.02. The third-order valence-corrected chi connectivity index (χ3v) is 3.70. The molecule has 0 spiro atoms.